The number of nitrogens with zero attached hydrogens (tertiary/aromatic N) is 4. The molecule has 0 saturated carbocycles. The predicted molar refractivity (Wildman–Crippen MR) is 84.9 cm³/mol. The second-order valence-corrected chi connectivity index (χ2v) is 5.36. The van der Waals surface area contributed by atoms with E-state index in [1.165, 1.54) is 0 Å². The van der Waals surface area contributed by atoms with E-state index in [0.717, 1.165) is 45.0 Å². The molecule has 2 heterocycles. The van der Waals surface area contributed by atoms with Gasteiger partial charge in [0.15, 0.2) is 11.8 Å². The fraction of sp³-hybridized carbons (Fsp3) is 0.800. The fourth-order valence-electron chi connectivity index (χ4n) is 2.59. The maximum atomic E-state index is 5.70. The number of hydrogen-bond donors (Lipinski definition) is 1. The number of aryl methyl sites for hydroxylation is 1. The van der Waals surface area contributed by atoms with Gasteiger partial charge in [-0.1, -0.05) is 5.16 Å². The lowest BCUT2D eigenvalue weighted by Crippen LogP contribution is -2.47. The van der Waals surface area contributed by atoms with E-state index in [1.807, 2.05) is 6.92 Å². The molecular formula is C15H27N5O2. The third-order valence-electron chi connectivity index (χ3n) is 3.64. The summed E-state index contributed by atoms with van der Waals surface area (Å²) in [4.78, 5) is 11.2. The Morgan fingerprint density at radius 2 is 2.18 bits per heavy atom. The van der Waals surface area contributed by atoms with E-state index in [0.29, 0.717) is 30.8 Å². The van der Waals surface area contributed by atoms with Crippen LogP contribution < -0.4 is 5.32 Å². The quantitative estimate of drug-likeness (QED) is 0.632. The Hall–Kier alpha value is -1.63. The molecule has 0 radical (unpaired) electrons. The monoisotopic (exact) mass is 309 g/mol. The molecule has 0 amide bonds. The summed E-state index contributed by atoms with van der Waals surface area (Å²) in [6.07, 6.45) is 3.18. The Bertz CT molecular complexity index is 466. The molecule has 124 valence electrons. The van der Waals surface area contributed by atoms with Gasteiger partial charge in [0.05, 0.1) is 12.6 Å². The molecule has 0 spiro atoms. The van der Waals surface area contributed by atoms with Gasteiger partial charge in [-0.2, -0.15) is 4.98 Å². The summed E-state index contributed by atoms with van der Waals surface area (Å²) in [6, 6.07) is 0. The SMILES string of the molecule is CCNC(=NCCc1nc(C)no1)N1CCC(OCC)CC1. The van der Waals surface area contributed by atoms with Crippen LogP contribution in [-0.4, -0.2) is 59.9 Å². The molecule has 1 aliphatic rings. The minimum Gasteiger partial charge on any atom is -0.378 e. The van der Waals surface area contributed by atoms with Crippen molar-refractivity contribution in [3.63, 3.8) is 0 Å². The summed E-state index contributed by atoms with van der Waals surface area (Å²) in [5, 5.41) is 7.15. The maximum absolute atomic E-state index is 5.70. The van der Waals surface area contributed by atoms with Crippen LogP contribution in [-0.2, 0) is 11.2 Å². The van der Waals surface area contributed by atoms with E-state index in [9.17, 15) is 0 Å². The van der Waals surface area contributed by atoms with E-state index in [4.69, 9.17) is 9.26 Å². The Morgan fingerprint density at radius 1 is 1.41 bits per heavy atom. The highest BCUT2D eigenvalue weighted by Gasteiger charge is 2.21. The van der Waals surface area contributed by atoms with Gasteiger partial charge in [-0.25, -0.2) is 0 Å². The van der Waals surface area contributed by atoms with E-state index < -0.39 is 0 Å². The van der Waals surface area contributed by atoms with Crippen LogP contribution in [0.5, 0.6) is 0 Å². The summed E-state index contributed by atoms with van der Waals surface area (Å²) in [5.74, 6) is 2.28. The normalized spacial score (nSPS) is 17.0. The first-order valence-electron chi connectivity index (χ1n) is 8.17. The van der Waals surface area contributed by atoms with Gasteiger partial charge in [0, 0.05) is 32.7 Å². The van der Waals surface area contributed by atoms with E-state index in [-0.39, 0.29) is 0 Å². The highest BCUT2D eigenvalue weighted by molar-refractivity contribution is 5.80. The molecule has 1 aromatic heterocycles. The number of guanidine groups is 1. The lowest BCUT2D eigenvalue weighted by Gasteiger charge is -2.34. The third-order valence-corrected chi connectivity index (χ3v) is 3.64. The Balaban J connectivity index is 1.84. The predicted octanol–water partition coefficient (Wildman–Crippen LogP) is 1.39. The first-order chi connectivity index (χ1) is 10.7. The smallest absolute Gasteiger partial charge is 0.228 e. The summed E-state index contributed by atoms with van der Waals surface area (Å²) in [5.41, 5.74) is 0. The molecule has 1 N–H and O–H groups in total. The van der Waals surface area contributed by atoms with Crippen molar-refractivity contribution in [3.05, 3.63) is 11.7 Å². The van der Waals surface area contributed by atoms with Crippen molar-refractivity contribution in [2.75, 3.05) is 32.8 Å². The zero-order valence-corrected chi connectivity index (χ0v) is 13.8. The second kappa shape index (κ2) is 8.73. The number of piperidine rings is 1. The molecule has 0 aliphatic carbocycles. The van der Waals surface area contributed by atoms with Gasteiger partial charge in [0.25, 0.3) is 0 Å². The average Bonchev–Trinajstić information content (AvgIpc) is 2.93. The molecule has 7 nitrogen and oxygen atoms in total. The van der Waals surface area contributed by atoms with Crippen LogP contribution in [0.3, 0.4) is 0 Å². The van der Waals surface area contributed by atoms with Crippen LogP contribution >= 0.6 is 0 Å². The first kappa shape index (κ1) is 16.7. The lowest BCUT2D eigenvalue weighted by molar-refractivity contribution is 0.0264. The van der Waals surface area contributed by atoms with Crippen molar-refractivity contribution in [2.45, 2.75) is 46.1 Å². The number of nitrogens with one attached hydrogen (secondary N) is 1. The van der Waals surface area contributed by atoms with Crippen LogP contribution in [0.2, 0.25) is 0 Å². The number of rotatable bonds is 6. The molecule has 0 aromatic carbocycles. The molecule has 0 atom stereocenters. The van der Waals surface area contributed by atoms with Crippen molar-refractivity contribution < 1.29 is 9.26 Å². The molecule has 1 fully saturated rings. The highest BCUT2D eigenvalue weighted by atomic mass is 16.5. The zero-order chi connectivity index (χ0) is 15.8. The van der Waals surface area contributed by atoms with Gasteiger partial charge in [0.2, 0.25) is 5.89 Å². The molecule has 0 bridgehead atoms. The number of aliphatic imine (C=N–C) groups is 1. The van der Waals surface area contributed by atoms with Crippen molar-refractivity contribution in [1.82, 2.24) is 20.4 Å². The van der Waals surface area contributed by atoms with Crippen LogP contribution in [0, 0.1) is 6.92 Å². The summed E-state index contributed by atoms with van der Waals surface area (Å²) in [7, 11) is 0. The van der Waals surface area contributed by atoms with Crippen molar-refractivity contribution in [3.8, 4) is 0 Å². The number of aromatic nitrogens is 2. The Kier molecular flexibility index (Phi) is 6.64. The number of ether oxygens (including phenoxy) is 1. The van der Waals surface area contributed by atoms with Crippen molar-refractivity contribution in [1.29, 1.82) is 0 Å². The minimum atomic E-state index is 0.394. The number of likely N-dealkylation sites (tertiary alicyclic amines) is 1. The van der Waals surface area contributed by atoms with E-state index in [2.05, 4.69) is 39.2 Å². The Morgan fingerprint density at radius 3 is 2.77 bits per heavy atom. The Labute approximate surface area is 132 Å². The number of hydrogen-bond acceptors (Lipinski definition) is 5. The van der Waals surface area contributed by atoms with Crippen LogP contribution in [0.25, 0.3) is 0 Å². The van der Waals surface area contributed by atoms with Crippen LogP contribution in [0.4, 0.5) is 0 Å². The highest BCUT2D eigenvalue weighted by Crippen LogP contribution is 2.13. The van der Waals surface area contributed by atoms with Crippen LogP contribution in [0.1, 0.15) is 38.4 Å². The summed E-state index contributed by atoms with van der Waals surface area (Å²) >= 11 is 0. The molecule has 7 heteroatoms. The van der Waals surface area contributed by atoms with Gasteiger partial charge in [-0.05, 0) is 33.6 Å². The molecule has 1 aliphatic heterocycles. The second-order valence-electron chi connectivity index (χ2n) is 5.36. The summed E-state index contributed by atoms with van der Waals surface area (Å²) in [6.45, 7) is 10.2. The molecular weight excluding hydrogens is 282 g/mol. The molecule has 22 heavy (non-hydrogen) atoms. The molecule has 1 saturated heterocycles. The van der Waals surface area contributed by atoms with Gasteiger partial charge in [0.1, 0.15) is 0 Å². The van der Waals surface area contributed by atoms with Gasteiger partial charge in [-0.15, -0.1) is 0 Å². The topological polar surface area (TPSA) is 75.8 Å². The van der Waals surface area contributed by atoms with Crippen LogP contribution in [0.15, 0.2) is 9.52 Å². The van der Waals surface area contributed by atoms with Gasteiger partial charge >= 0.3 is 0 Å². The van der Waals surface area contributed by atoms with Gasteiger partial charge in [-0.3, -0.25) is 4.99 Å². The van der Waals surface area contributed by atoms with Crippen molar-refractivity contribution in [2.24, 2.45) is 4.99 Å². The first-order valence-corrected chi connectivity index (χ1v) is 8.17. The third kappa shape index (κ3) is 4.98. The molecule has 0 unspecified atom stereocenters. The zero-order valence-electron chi connectivity index (χ0n) is 13.8. The molecule has 2 rings (SSSR count). The standard InChI is InChI=1S/C15H27N5O2/c1-4-16-15(17-9-6-14-18-12(3)19-22-14)20-10-7-13(8-11-20)21-5-2/h13H,4-11H2,1-3H3,(H,16,17). The minimum absolute atomic E-state index is 0.394. The average molecular weight is 309 g/mol. The maximum Gasteiger partial charge on any atom is 0.228 e. The van der Waals surface area contributed by atoms with E-state index >= 15 is 0 Å². The van der Waals surface area contributed by atoms with Gasteiger partial charge < -0.3 is 19.5 Å². The summed E-state index contributed by atoms with van der Waals surface area (Å²) < 4.78 is 10.8. The lowest BCUT2D eigenvalue weighted by atomic mass is 10.1. The largest absolute Gasteiger partial charge is 0.378 e. The molecule has 1 aromatic rings. The van der Waals surface area contributed by atoms with E-state index in [1.54, 1.807) is 0 Å². The van der Waals surface area contributed by atoms with Crippen molar-refractivity contribution >= 4 is 5.96 Å². The fourth-order valence-corrected chi connectivity index (χ4v) is 2.59.